The van der Waals surface area contributed by atoms with Crippen LogP contribution in [0.4, 0.5) is 4.79 Å². The molecule has 1 aromatic carbocycles. The number of hydrogen-bond donors (Lipinski definition) is 0. The maximum Gasteiger partial charge on any atom is 0.508 e. The minimum atomic E-state index is -3.52. The van der Waals surface area contributed by atoms with Crippen molar-refractivity contribution in [3.63, 3.8) is 0 Å². The summed E-state index contributed by atoms with van der Waals surface area (Å²) in [7, 11) is -3.52. The van der Waals surface area contributed by atoms with Crippen LogP contribution in [0.3, 0.4) is 0 Å². The summed E-state index contributed by atoms with van der Waals surface area (Å²) in [6, 6.07) is 8.00. The van der Waals surface area contributed by atoms with Crippen molar-refractivity contribution in [2.24, 2.45) is 0 Å². The number of ether oxygens (including phenoxy) is 2. The fraction of sp³-hybridized carbons (Fsp3) is 0.308. The van der Waals surface area contributed by atoms with E-state index < -0.39 is 22.1 Å². The number of carbonyl (C=O) groups excluding carboxylic acids is 1. The summed E-state index contributed by atoms with van der Waals surface area (Å²) in [6.45, 7) is 3.41. The van der Waals surface area contributed by atoms with E-state index >= 15 is 0 Å². The van der Waals surface area contributed by atoms with E-state index in [0.717, 1.165) is 5.41 Å². The van der Waals surface area contributed by atoms with Gasteiger partial charge in [-0.05, 0) is 32.1 Å². The van der Waals surface area contributed by atoms with Crippen molar-refractivity contribution in [2.45, 2.75) is 24.8 Å². The predicted molar refractivity (Wildman–Crippen MR) is 70.3 cm³/mol. The largest absolute Gasteiger partial charge is 0.508 e. The van der Waals surface area contributed by atoms with Crippen LogP contribution in [0.1, 0.15) is 13.8 Å². The van der Waals surface area contributed by atoms with Gasteiger partial charge in [0.15, 0.2) is 9.84 Å². The Labute approximate surface area is 112 Å². The highest BCUT2D eigenvalue weighted by atomic mass is 32.2. The van der Waals surface area contributed by atoms with E-state index in [1.165, 1.54) is 18.2 Å². The lowest BCUT2D eigenvalue weighted by molar-refractivity contribution is 0.0454. The highest BCUT2D eigenvalue weighted by Gasteiger charge is 2.11. The highest BCUT2D eigenvalue weighted by Crippen LogP contribution is 2.12. The molecule has 0 radical (unpaired) electrons. The van der Waals surface area contributed by atoms with Gasteiger partial charge in [0.1, 0.15) is 6.10 Å². The highest BCUT2D eigenvalue weighted by molar-refractivity contribution is 7.94. The monoisotopic (exact) mass is 284 g/mol. The van der Waals surface area contributed by atoms with Crippen molar-refractivity contribution in [3.05, 3.63) is 41.8 Å². The summed E-state index contributed by atoms with van der Waals surface area (Å²) in [5, 5.41) is 1.02. The van der Waals surface area contributed by atoms with Crippen molar-refractivity contribution in [1.82, 2.24) is 0 Å². The minimum Gasteiger partial charge on any atom is -0.435 e. The van der Waals surface area contributed by atoms with Gasteiger partial charge in [-0.3, -0.25) is 0 Å². The third-order valence-electron chi connectivity index (χ3n) is 2.14. The molecule has 0 saturated heterocycles. The van der Waals surface area contributed by atoms with E-state index in [9.17, 15) is 13.2 Å². The van der Waals surface area contributed by atoms with Crippen molar-refractivity contribution in [3.8, 4) is 0 Å². The molecule has 0 aliphatic carbocycles. The van der Waals surface area contributed by atoms with Crippen molar-refractivity contribution in [1.29, 1.82) is 0 Å². The Morgan fingerprint density at radius 2 is 1.95 bits per heavy atom. The van der Waals surface area contributed by atoms with Gasteiger partial charge in [-0.25, -0.2) is 13.2 Å². The van der Waals surface area contributed by atoms with Crippen molar-refractivity contribution >= 4 is 16.0 Å². The third kappa shape index (κ3) is 5.13. The number of benzene rings is 1. The Kier molecular flexibility index (Phi) is 5.57. The molecule has 1 unspecified atom stereocenters. The molecule has 0 aromatic heterocycles. The summed E-state index contributed by atoms with van der Waals surface area (Å²) in [5.41, 5.74) is 0. The molecule has 6 heteroatoms. The SMILES string of the molecule is CCOC(=O)OC(C)/C=C/S(=O)(=O)c1ccccc1. The molecule has 104 valence electrons. The molecule has 0 saturated carbocycles. The lowest BCUT2D eigenvalue weighted by Gasteiger charge is -2.08. The van der Waals surface area contributed by atoms with E-state index in [4.69, 9.17) is 4.74 Å². The fourth-order valence-electron chi connectivity index (χ4n) is 1.25. The van der Waals surface area contributed by atoms with Gasteiger partial charge in [-0.1, -0.05) is 18.2 Å². The Morgan fingerprint density at radius 3 is 2.53 bits per heavy atom. The molecule has 5 nitrogen and oxygen atoms in total. The molecule has 1 aromatic rings. The Hall–Kier alpha value is -1.82. The van der Waals surface area contributed by atoms with E-state index in [2.05, 4.69) is 4.74 Å². The fourth-order valence-corrected chi connectivity index (χ4v) is 2.37. The van der Waals surface area contributed by atoms with Crippen LogP contribution in [-0.4, -0.2) is 27.3 Å². The molecule has 0 spiro atoms. The second-order valence-electron chi connectivity index (χ2n) is 3.69. The van der Waals surface area contributed by atoms with Gasteiger partial charge >= 0.3 is 6.16 Å². The second kappa shape index (κ2) is 6.94. The molecule has 0 fully saturated rings. The maximum atomic E-state index is 11.9. The topological polar surface area (TPSA) is 69.7 Å². The summed E-state index contributed by atoms with van der Waals surface area (Å²) in [5.74, 6) is 0. The third-order valence-corrected chi connectivity index (χ3v) is 3.59. The summed E-state index contributed by atoms with van der Waals surface area (Å²) in [4.78, 5) is 11.2. The second-order valence-corrected chi connectivity index (χ2v) is 5.53. The van der Waals surface area contributed by atoms with Gasteiger partial charge in [0.2, 0.25) is 0 Å². The first-order chi connectivity index (χ1) is 8.95. The summed E-state index contributed by atoms with van der Waals surface area (Å²) < 4.78 is 33.2. The zero-order chi connectivity index (χ0) is 14.3. The van der Waals surface area contributed by atoms with Crippen LogP contribution in [0.5, 0.6) is 0 Å². The van der Waals surface area contributed by atoms with Crippen LogP contribution in [0.2, 0.25) is 0 Å². The molecule has 0 N–H and O–H groups in total. The smallest absolute Gasteiger partial charge is 0.435 e. The number of sulfone groups is 1. The molecule has 0 bridgehead atoms. The van der Waals surface area contributed by atoms with Crippen LogP contribution in [0.25, 0.3) is 0 Å². The van der Waals surface area contributed by atoms with Gasteiger partial charge in [0, 0.05) is 5.41 Å². The van der Waals surface area contributed by atoms with Crippen LogP contribution in [0, 0.1) is 0 Å². The van der Waals surface area contributed by atoms with E-state index in [1.807, 2.05) is 0 Å². The molecule has 0 aliphatic heterocycles. The zero-order valence-corrected chi connectivity index (χ0v) is 11.6. The first-order valence-electron chi connectivity index (χ1n) is 5.77. The molecule has 0 amide bonds. The molecular formula is C13H16O5S. The minimum absolute atomic E-state index is 0.189. The number of hydrogen-bond acceptors (Lipinski definition) is 5. The maximum absolute atomic E-state index is 11.9. The molecule has 0 heterocycles. The van der Waals surface area contributed by atoms with Crippen LogP contribution < -0.4 is 0 Å². The van der Waals surface area contributed by atoms with E-state index in [-0.39, 0.29) is 11.5 Å². The van der Waals surface area contributed by atoms with Gasteiger partial charge in [0.25, 0.3) is 0 Å². The quantitative estimate of drug-likeness (QED) is 0.777. The first kappa shape index (κ1) is 15.2. The number of rotatable bonds is 5. The van der Waals surface area contributed by atoms with Crippen LogP contribution in [0.15, 0.2) is 46.7 Å². The van der Waals surface area contributed by atoms with Crippen LogP contribution >= 0.6 is 0 Å². The van der Waals surface area contributed by atoms with Gasteiger partial charge < -0.3 is 9.47 Å². The van der Waals surface area contributed by atoms with Crippen LogP contribution in [-0.2, 0) is 19.3 Å². The average Bonchev–Trinajstić information content (AvgIpc) is 2.38. The van der Waals surface area contributed by atoms with Gasteiger partial charge in [-0.2, -0.15) is 0 Å². The summed E-state index contributed by atoms with van der Waals surface area (Å²) in [6.07, 6.45) is -0.214. The molecule has 1 rings (SSSR count). The zero-order valence-electron chi connectivity index (χ0n) is 10.8. The average molecular weight is 284 g/mol. The van der Waals surface area contributed by atoms with Crippen molar-refractivity contribution < 1.29 is 22.7 Å². The Bertz CT molecular complexity index is 533. The lowest BCUT2D eigenvalue weighted by atomic mass is 10.4. The predicted octanol–water partition coefficient (Wildman–Crippen LogP) is 2.54. The van der Waals surface area contributed by atoms with E-state index in [1.54, 1.807) is 32.0 Å². The number of carbonyl (C=O) groups is 1. The standard InChI is InChI=1S/C13H16O5S/c1-3-17-13(14)18-11(2)9-10-19(15,16)12-7-5-4-6-8-12/h4-11H,3H2,1-2H3/b10-9+. The van der Waals surface area contributed by atoms with E-state index in [0.29, 0.717) is 0 Å². The lowest BCUT2D eigenvalue weighted by Crippen LogP contribution is -2.14. The molecule has 0 aliphatic rings. The van der Waals surface area contributed by atoms with Gasteiger partial charge in [-0.15, -0.1) is 0 Å². The molecule has 19 heavy (non-hydrogen) atoms. The molecular weight excluding hydrogens is 268 g/mol. The summed E-state index contributed by atoms with van der Waals surface area (Å²) >= 11 is 0. The Balaban J connectivity index is 2.68. The van der Waals surface area contributed by atoms with Gasteiger partial charge in [0.05, 0.1) is 11.5 Å². The first-order valence-corrected chi connectivity index (χ1v) is 7.32. The molecule has 1 atom stereocenters. The van der Waals surface area contributed by atoms with Crippen molar-refractivity contribution in [2.75, 3.05) is 6.61 Å². The normalized spacial score (nSPS) is 13.2. The Morgan fingerprint density at radius 1 is 1.32 bits per heavy atom.